The number of benzene rings is 3. The van der Waals surface area contributed by atoms with E-state index in [2.05, 4.69) is 0 Å². The summed E-state index contributed by atoms with van der Waals surface area (Å²) in [5.41, 5.74) is 3.28. The molecule has 0 saturated carbocycles. The van der Waals surface area contributed by atoms with E-state index >= 15 is 0 Å². The first-order valence-electron chi connectivity index (χ1n) is 8.19. The molecule has 1 aromatic heterocycles. The van der Waals surface area contributed by atoms with Gasteiger partial charge in [0.25, 0.3) is 0 Å². The average Bonchev–Trinajstić information content (AvgIpc) is 2.61. The second-order valence-electron chi connectivity index (χ2n) is 6.24. The quantitative estimate of drug-likeness (QED) is 0.510. The van der Waals surface area contributed by atoms with Gasteiger partial charge in [-0.1, -0.05) is 42.0 Å². The van der Waals surface area contributed by atoms with Crippen LogP contribution in [0.3, 0.4) is 0 Å². The summed E-state index contributed by atoms with van der Waals surface area (Å²) < 4.78 is 5.54. The van der Waals surface area contributed by atoms with Gasteiger partial charge in [-0.3, -0.25) is 0 Å². The van der Waals surface area contributed by atoms with Crippen molar-refractivity contribution in [2.75, 3.05) is 0 Å². The summed E-state index contributed by atoms with van der Waals surface area (Å²) >= 11 is 0. The lowest BCUT2D eigenvalue weighted by Gasteiger charge is -2.13. The molecule has 4 nitrogen and oxygen atoms in total. The van der Waals surface area contributed by atoms with E-state index in [1.165, 1.54) is 18.2 Å². The van der Waals surface area contributed by atoms with Crippen molar-refractivity contribution in [3.05, 3.63) is 82.7 Å². The van der Waals surface area contributed by atoms with Crippen molar-refractivity contribution in [2.24, 2.45) is 0 Å². The fraction of sp³-hybridized carbons (Fsp3) is 0.0455. The molecule has 0 spiro atoms. The van der Waals surface area contributed by atoms with Crippen molar-refractivity contribution in [2.45, 2.75) is 6.92 Å². The van der Waals surface area contributed by atoms with Gasteiger partial charge in [-0.05, 0) is 42.3 Å². The molecule has 4 aromatic rings. The molecule has 0 unspecified atom stereocenters. The molecule has 3 aromatic carbocycles. The van der Waals surface area contributed by atoms with Crippen molar-refractivity contribution in [1.82, 2.24) is 0 Å². The molecule has 0 amide bonds. The van der Waals surface area contributed by atoms with Gasteiger partial charge in [0.15, 0.2) is 0 Å². The lowest BCUT2D eigenvalue weighted by Crippen LogP contribution is -2.06. The van der Waals surface area contributed by atoms with Crippen LogP contribution in [0, 0.1) is 6.92 Å². The van der Waals surface area contributed by atoms with E-state index < -0.39 is 5.63 Å². The minimum atomic E-state index is -0.467. The minimum absolute atomic E-state index is 0.0759. The first-order valence-corrected chi connectivity index (χ1v) is 8.19. The van der Waals surface area contributed by atoms with Crippen LogP contribution in [0.5, 0.6) is 11.5 Å². The van der Waals surface area contributed by atoms with Crippen LogP contribution in [0.25, 0.3) is 33.2 Å². The highest BCUT2D eigenvalue weighted by atomic mass is 16.4. The maximum atomic E-state index is 12.8. The van der Waals surface area contributed by atoms with Gasteiger partial charge in [-0.15, -0.1) is 0 Å². The van der Waals surface area contributed by atoms with Crippen LogP contribution in [0.15, 0.2) is 75.9 Å². The molecule has 1 heterocycles. The van der Waals surface area contributed by atoms with Crippen molar-refractivity contribution in [1.29, 1.82) is 0 Å². The number of fused-ring (bicyclic) bond motifs is 1. The third-order valence-corrected chi connectivity index (χ3v) is 4.31. The average molecular weight is 344 g/mol. The Balaban J connectivity index is 2.20. The second-order valence-corrected chi connectivity index (χ2v) is 6.24. The van der Waals surface area contributed by atoms with E-state index in [9.17, 15) is 15.0 Å². The van der Waals surface area contributed by atoms with E-state index in [1.54, 1.807) is 6.07 Å². The largest absolute Gasteiger partial charge is 0.508 e. The zero-order chi connectivity index (χ0) is 18.3. The van der Waals surface area contributed by atoms with Gasteiger partial charge in [-0.25, -0.2) is 4.79 Å². The Morgan fingerprint density at radius 1 is 0.769 bits per heavy atom. The van der Waals surface area contributed by atoms with Crippen LogP contribution < -0.4 is 5.63 Å². The maximum Gasteiger partial charge on any atom is 0.344 e. The van der Waals surface area contributed by atoms with E-state index in [0.717, 1.165) is 10.9 Å². The Hall–Kier alpha value is -3.53. The highest BCUT2D eigenvalue weighted by molar-refractivity contribution is 6.01. The van der Waals surface area contributed by atoms with E-state index in [1.807, 2.05) is 49.4 Å². The maximum absolute atomic E-state index is 12.8. The summed E-state index contributed by atoms with van der Waals surface area (Å²) in [5.74, 6) is -0.152. The van der Waals surface area contributed by atoms with Gasteiger partial charge < -0.3 is 14.6 Å². The van der Waals surface area contributed by atoms with Gasteiger partial charge in [-0.2, -0.15) is 0 Å². The van der Waals surface area contributed by atoms with Crippen LogP contribution in [0.1, 0.15) is 5.56 Å². The monoisotopic (exact) mass is 344 g/mol. The molecular weight excluding hydrogens is 328 g/mol. The lowest BCUT2D eigenvalue weighted by atomic mass is 9.92. The van der Waals surface area contributed by atoms with Gasteiger partial charge in [0.05, 0.1) is 5.56 Å². The molecule has 26 heavy (non-hydrogen) atoms. The van der Waals surface area contributed by atoms with Crippen LogP contribution >= 0.6 is 0 Å². The first kappa shape index (κ1) is 16.0. The Morgan fingerprint density at radius 2 is 1.46 bits per heavy atom. The van der Waals surface area contributed by atoms with Crippen LogP contribution in [0.2, 0.25) is 0 Å². The number of hydrogen-bond acceptors (Lipinski definition) is 4. The molecule has 128 valence electrons. The molecule has 0 atom stereocenters. The molecule has 0 aliphatic carbocycles. The van der Waals surface area contributed by atoms with Gasteiger partial charge >= 0.3 is 5.63 Å². The predicted octanol–water partition coefficient (Wildman–Crippen LogP) is 4.85. The molecule has 0 saturated heterocycles. The molecule has 0 bridgehead atoms. The minimum Gasteiger partial charge on any atom is -0.508 e. The topological polar surface area (TPSA) is 70.7 Å². The third-order valence-electron chi connectivity index (χ3n) is 4.31. The summed E-state index contributed by atoms with van der Waals surface area (Å²) in [6.07, 6.45) is 0. The van der Waals surface area contributed by atoms with Gasteiger partial charge in [0.2, 0.25) is 0 Å². The summed E-state index contributed by atoms with van der Waals surface area (Å²) in [4.78, 5) is 12.8. The highest BCUT2D eigenvalue weighted by Gasteiger charge is 2.19. The van der Waals surface area contributed by atoms with Crippen LogP contribution in [0.4, 0.5) is 0 Å². The Bertz CT molecular complexity index is 1150. The van der Waals surface area contributed by atoms with E-state index in [4.69, 9.17) is 4.42 Å². The Kier molecular flexibility index (Phi) is 3.73. The van der Waals surface area contributed by atoms with E-state index in [0.29, 0.717) is 27.8 Å². The summed E-state index contributed by atoms with van der Waals surface area (Å²) in [7, 11) is 0. The fourth-order valence-corrected chi connectivity index (χ4v) is 3.22. The standard InChI is InChI=1S/C22H16O4/c1-13-7-8-19-18(9-13)20(15-10-16(23)12-17(24)11-15)21(22(25)26-19)14-5-3-2-4-6-14/h2-12,23-24H,1H3. The van der Waals surface area contributed by atoms with Gasteiger partial charge in [0, 0.05) is 17.0 Å². The zero-order valence-electron chi connectivity index (χ0n) is 14.1. The second kappa shape index (κ2) is 6.08. The van der Waals surface area contributed by atoms with Crippen molar-refractivity contribution >= 4 is 11.0 Å². The highest BCUT2D eigenvalue weighted by Crippen LogP contribution is 2.38. The zero-order valence-corrected chi connectivity index (χ0v) is 14.1. The Labute approximate surface area is 149 Å². The van der Waals surface area contributed by atoms with Crippen LogP contribution in [-0.2, 0) is 0 Å². The molecule has 4 rings (SSSR count). The number of hydrogen-bond donors (Lipinski definition) is 2. The molecule has 0 aliphatic heterocycles. The molecule has 0 radical (unpaired) electrons. The predicted molar refractivity (Wildman–Crippen MR) is 101 cm³/mol. The lowest BCUT2D eigenvalue weighted by molar-refractivity contribution is 0.451. The third kappa shape index (κ3) is 2.71. The Morgan fingerprint density at radius 3 is 2.15 bits per heavy atom. The molecule has 0 aliphatic rings. The normalized spacial score (nSPS) is 11.0. The summed E-state index contributed by atoms with van der Waals surface area (Å²) in [6, 6.07) is 19.1. The van der Waals surface area contributed by atoms with Crippen molar-refractivity contribution < 1.29 is 14.6 Å². The molecule has 4 heteroatoms. The van der Waals surface area contributed by atoms with Crippen molar-refractivity contribution in [3.63, 3.8) is 0 Å². The van der Waals surface area contributed by atoms with Crippen molar-refractivity contribution in [3.8, 4) is 33.8 Å². The smallest absolute Gasteiger partial charge is 0.344 e. The van der Waals surface area contributed by atoms with Crippen LogP contribution in [-0.4, -0.2) is 10.2 Å². The number of phenols is 2. The number of aromatic hydroxyl groups is 2. The molecule has 0 fully saturated rings. The molecule has 2 N–H and O–H groups in total. The number of rotatable bonds is 2. The van der Waals surface area contributed by atoms with Gasteiger partial charge in [0.1, 0.15) is 17.1 Å². The number of phenolic OH excluding ortho intramolecular Hbond substituents is 2. The SMILES string of the molecule is Cc1ccc2oc(=O)c(-c3ccccc3)c(-c3cc(O)cc(O)c3)c2c1. The summed E-state index contributed by atoms with van der Waals surface area (Å²) in [5, 5.41) is 20.6. The molecular formula is C22H16O4. The first-order chi connectivity index (χ1) is 12.5. The number of aryl methyl sites for hydroxylation is 1. The fourth-order valence-electron chi connectivity index (χ4n) is 3.22. The van der Waals surface area contributed by atoms with E-state index in [-0.39, 0.29) is 11.5 Å². The summed E-state index contributed by atoms with van der Waals surface area (Å²) in [6.45, 7) is 1.95.